The summed E-state index contributed by atoms with van der Waals surface area (Å²) in [5.74, 6) is 0.683. The fraction of sp³-hybridized carbons (Fsp3) is 0. The van der Waals surface area contributed by atoms with Gasteiger partial charge in [0.05, 0.1) is 27.8 Å². The second-order valence-corrected chi connectivity index (χ2v) is 13.6. The number of para-hydroxylation sites is 4. The summed E-state index contributed by atoms with van der Waals surface area (Å²) in [5.41, 5.74) is 7.73. The molecule has 0 N–H and O–H groups in total. The molecule has 0 spiro atoms. The lowest BCUT2D eigenvalue weighted by molar-refractivity contribution is 1.02. The number of hydrogen-bond acceptors (Lipinski definition) is 3. The lowest BCUT2D eigenvalue weighted by Crippen LogP contribution is -2.02. The molecule has 0 bridgehead atoms. The highest BCUT2D eigenvalue weighted by Crippen LogP contribution is 2.44. The second kappa shape index (κ2) is 10.1. The summed E-state index contributed by atoms with van der Waals surface area (Å²) < 4.78 is 5.83. The molecule has 0 aliphatic carbocycles. The van der Waals surface area contributed by atoms with Crippen LogP contribution in [0.2, 0.25) is 0 Å². The van der Waals surface area contributed by atoms with Crippen LogP contribution in [0, 0.1) is 0 Å². The van der Waals surface area contributed by atoms with Crippen molar-refractivity contribution >= 4 is 86.0 Å². The molecule has 0 saturated carbocycles. The number of fused-ring (bicyclic) bond motifs is 11. The Kier molecular flexibility index (Phi) is 5.51. The molecule has 0 aliphatic heterocycles. The smallest absolute Gasteiger partial charge is 0.236 e. The fourth-order valence-corrected chi connectivity index (χ4v) is 9.02. The quantitative estimate of drug-likeness (QED) is 0.192. The number of rotatable bonds is 3. The third kappa shape index (κ3) is 3.79. The molecule has 5 heteroatoms. The third-order valence-corrected chi connectivity index (χ3v) is 11.1. The van der Waals surface area contributed by atoms with Crippen LogP contribution in [0.25, 0.3) is 97.6 Å². The minimum absolute atomic E-state index is 0.683. The van der Waals surface area contributed by atoms with E-state index >= 15 is 0 Å². The predicted octanol–water partition coefficient (Wildman–Crippen LogP) is 11.9. The highest BCUT2D eigenvalue weighted by Gasteiger charge is 2.22. The van der Waals surface area contributed by atoms with E-state index in [1.165, 1.54) is 53.4 Å². The van der Waals surface area contributed by atoms with Crippen LogP contribution in [0.15, 0.2) is 158 Å². The van der Waals surface area contributed by atoms with Crippen molar-refractivity contribution in [2.75, 3.05) is 0 Å². The standard InChI is InChI=1S/C44H26N4S/c1-2-13-29(14-3-1)47-36-19-9-8-18-33(36)35-26-28(23-25-39(35)47)41-40-34-24-22-27-12-4-5-15-30(27)42(34)49-43(40)46-44(45-41)48-37-20-10-6-16-31(37)32-17-7-11-21-38(32)48/h1-26H. The van der Waals surface area contributed by atoms with Gasteiger partial charge in [0, 0.05) is 48.3 Å². The zero-order chi connectivity index (χ0) is 32.1. The van der Waals surface area contributed by atoms with Gasteiger partial charge in [-0.05, 0) is 53.2 Å². The Labute approximate surface area is 284 Å². The molecule has 0 aliphatic rings. The van der Waals surface area contributed by atoms with Gasteiger partial charge >= 0.3 is 0 Å². The fourth-order valence-electron chi connectivity index (χ4n) is 7.81. The SMILES string of the molecule is c1ccc(-n2c3ccccc3c3cc(-c4nc(-n5c6ccccc6c6ccccc65)nc5sc6c7ccccc7ccc6c45)ccc32)cc1. The summed E-state index contributed by atoms with van der Waals surface area (Å²) in [6.07, 6.45) is 0. The largest absolute Gasteiger partial charge is 0.309 e. The summed E-state index contributed by atoms with van der Waals surface area (Å²) in [4.78, 5) is 11.9. The Balaban J connectivity index is 1.27. The minimum Gasteiger partial charge on any atom is -0.309 e. The Bertz CT molecular complexity index is 3060. The van der Waals surface area contributed by atoms with Gasteiger partial charge in [0.15, 0.2) is 0 Å². The van der Waals surface area contributed by atoms with Crippen LogP contribution in [0.3, 0.4) is 0 Å². The first kappa shape index (κ1) is 26.7. The number of nitrogens with zero attached hydrogens (tertiary/aromatic N) is 4. The zero-order valence-corrected chi connectivity index (χ0v) is 27.0. The monoisotopic (exact) mass is 642 g/mol. The number of aromatic nitrogens is 4. The lowest BCUT2D eigenvalue weighted by atomic mass is 10.0. The maximum absolute atomic E-state index is 5.52. The zero-order valence-electron chi connectivity index (χ0n) is 26.2. The number of thiophene rings is 1. The molecular weight excluding hydrogens is 617 g/mol. The predicted molar refractivity (Wildman–Crippen MR) is 207 cm³/mol. The van der Waals surface area contributed by atoms with Gasteiger partial charge < -0.3 is 4.57 Å². The van der Waals surface area contributed by atoms with E-state index in [9.17, 15) is 0 Å². The molecule has 7 aromatic carbocycles. The first-order valence-electron chi connectivity index (χ1n) is 16.5. The molecule has 4 nitrogen and oxygen atoms in total. The van der Waals surface area contributed by atoms with Gasteiger partial charge in [-0.1, -0.05) is 115 Å². The molecule has 4 heterocycles. The van der Waals surface area contributed by atoms with Crippen molar-refractivity contribution in [3.05, 3.63) is 158 Å². The van der Waals surface area contributed by atoms with E-state index in [0.717, 1.165) is 38.2 Å². The molecular formula is C44H26N4S. The molecule has 228 valence electrons. The van der Waals surface area contributed by atoms with Crippen LogP contribution in [0.4, 0.5) is 0 Å². The van der Waals surface area contributed by atoms with Gasteiger partial charge in [-0.3, -0.25) is 4.57 Å². The Morgan fingerprint density at radius 3 is 1.76 bits per heavy atom. The van der Waals surface area contributed by atoms with E-state index < -0.39 is 0 Å². The van der Waals surface area contributed by atoms with Crippen molar-refractivity contribution in [3.8, 4) is 22.9 Å². The topological polar surface area (TPSA) is 35.6 Å². The van der Waals surface area contributed by atoms with Crippen molar-refractivity contribution in [2.45, 2.75) is 0 Å². The van der Waals surface area contributed by atoms with E-state index in [2.05, 4.69) is 167 Å². The van der Waals surface area contributed by atoms with Crippen LogP contribution >= 0.6 is 11.3 Å². The van der Waals surface area contributed by atoms with Crippen LogP contribution in [0.5, 0.6) is 0 Å². The van der Waals surface area contributed by atoms with Crippen molar-refractivity contribution in [1.29, 1.82) is 0 Å². The van der Waals surface area contributed by atoms with Crippen LogP contribution < -0.4 is 0 Å². The van der Waals surface area contributed by atoms with E-state index in [0.29, 0.717) is 5.95 Å². The van der Waals surface area contributed by atoms with Crippen LogP contribution in [-0.4, -0.2) is 19.1 Å². The van der Waals surface area contributed by atoms with Crippen molar-refractivity contribution in [3.63, 3.8) is 0 Å². The summed E-state index contributed by atoms with van der Waals surface area (Å²) >= 11 is 1.76. The number of hydrogen-bond donors (Lipinski definition) is 0. The van der Waals surface area contributed by atoms with Gasteiger partial charge in [-0.15, -0.1) is 11.3 Å². The first-order valence-corrected chi connectivity index (χ1v) is 17.3. The van der Waals surface area contributed by atoms with Crippen molar-refractivity contribution in [1.82, 2.24) is 19.1 Å². The molecule has 0 saturated heterocycles. The maximum atomic E-state index is 5.52. The van der Waals surface area contributed by atoms with Crippen LogP contribution in [-0.2, 0) is 0 Å². The van der Waals surface area contributed by atoms with E-state index in [-0.39, 0.29) is 0 Å². The average molecular weight is 643 g/mol. The van der Waals surface area contributed by atoms with Gasteiger partial charge in [0.2, 0.25) is 5.95 Å². The van der Waals surface area contributed by atoms with Gasteiger partial charge in [0.25, 0.3) is 0 Å². The third-order valence-electron chi connectivity index (χ3n) is 9.95. The minimum atomic E-state index is 0.683. The first-order chi connectivity index (χ1) is 24.3. The summed E-state index contributed by atoms with van der Waals surface area (Å²) in [5, 5.41) is 9.57. The molecule has 49 heavy (non-hydrogen) atoms. The van der Waals surface area contributed by atoms with E-state index in [1.807, 2.05) is 0 Å². The van der Waals surface area contributed by atoms with Crippen molar-refractivity contribution in [2.24, 2.45) is 0 Å². The Morgan fingerprint density at radius 1 is 0.429 bits per heavy atom. The maximum Gasteiger partial charge on any atom is 0.236 e. The van der Waals surface area contributed by atoms with Gasteiger partial charge in [-0.25, -0.2) is 9.97 Å². The van der Waals surface area contributed by atoms with Gasteiger partial charge in [-0.2, -0.15) is 0 Å². The lowest BCUT2D eigenvalue weighted by Gasteiger charge is -2.11. The van der Waals surface area contributed by atoms with Gasteiger partial charge in [0.1, 0.15) is 4.83 Å². The van der Waals surface area contributed by atoms with E-state index in [4.69, 9.17) is 9.97 Å². The summed E-state index contributed by atoms with van der Waals surface area (Å²) in [7, 11) is 0. The average Bonchev–Trinajstić information content (AvgIpc) is 3.82. The molecule has 11 rings (SSSR count). The summed E-state index contributed by atoms with van der Waals surface area (Å²) in [6.45, 7) is 0. The molecule has 0 unspecified atom stereocenters. The molecule has 0 radical (unpaired) electrons. The highest BCUT2D eigenvalue weighted by molar-refractivity contribution is 7.26. The normalized spacial score (nSPS) is 12.1. The second-order valence-electron chi connectivity index (χ2n) is 12.6. The molecule has 0 amide bonds. The Hall–Kier alpha value is -6.30. The molecule has 4 aromatic heterocycles. The molecule has 11 aromatic rings. The highest BCUT2D eigenvalue weighted by atomic mass is 32.1. The molecule has 0 atom stereocenters. The van der Waals surface area contributed by atoms with Crippen molar-refractivity contribution < 1.29 is 0 Å². The Morgan fingerprint density at radius 2 is 1.02 bits per heavy atom. The molecule has 0 fully saturated rings. The van der Waals surface area contributed by atoms with E-state index in [1.54, 1.807) is 11.3 Å². The summed E-state index contributed by atoms with van der Waals surface area (Å²) in [6, 6.07) is 56.4. The number of benzene rings is 7. The van der Waals surface area contributed by atoms with Crippen LogP contribution in [0.1, 0.15) is 0 Å².